The number of aldehydes is 1. The van der Waals surface area contributed by atoms with Crippen LogP contribution in [0.2, 0.25) is 0 Å². The zero-order chi connectivity index (χ0) is 14.6. The summed E-state index contributed by atoms with van der Waals surface area (Å²) in [4.78, 5) is 11.3. The maximum Gasteiger partial charge on any atom is 0.193 e. The Bertz CT molecular complexity index is 549. The van der Waals surface area contributed by atoms with Crippen LogP contribution < -0.4 is 10.1 Å². The van der Waals surface area contributed by atoms with E-state index >= 15 is 0 Å². The third-order valence-electron chi connectivity index (χ3n) is 2.87. The molecule has 4 nitrogen and oxygen atoms in total. The van der Waals surface area contributed by atoms with Crippen LogP contribution in [-0.4, -0.2) is 20.2 Å². The number of carbonyl (C=O) groups excluding carboxylic acids is 1. The number of hydrogen-bond donors (Lipinski definition) is 1. The largest absolute Gasteiger partial charge is 0.461 e. The zero-order valence-corrected chi connectivity index (χ0v) is 10.7. The highest BCUT2D eigenvalue weighted by molar-refractivity contribution is 5.72. The molecule has 1 aliphatic heterocycles. The van der Waals surface area contributed by atoms with E-state index < -0.39 is 22.9 Å². The molecule has 0 bridgehead atoms. The van der Waals surface area contributed by atoms with Crippen LogP contribution in [0.4, 0.5) is 8.78 Å². The molecule has 2 rings (SSSR count). The summed E-state index contributed by atoms with van der Waals surface area (Å²) in [7, 11) is 1.34. The number of halogens is 2. The van der Waals surface area contributed by atoms with Crippen molar-refractivity contribution in [1.29, 1.82) is 0 Å². The van der Waals surface area contributed by atoms with Crippen LogP contribution in [0.3, 0.4) is 0 Å². The SMILES string of the molecule is COCOc1c(F)cc(C2(C=O)C=CC=CN2)cc1F. The molecule has 0 spiro atoms. The minimum atomic E-state index is -1.28. The Hall–Kier alpha value is -2.21. The average Bonchev–Trinajstić information content (AvgIpc) is 2.47. The van der Waals surface area contributed by atoms with Gasteiger partial charge in [-0.15, -0.1) is 0 Å². The smallest absolute Gasteiger partial charge is 0.193 e. The lowest BCUT2D eigenvalue weighted by atomic mass is 9.89. The van der Waals surface area contributed by atoms with Gasteiger partial charge in [0.1, 0.15) is 5.54 Å². The van der Waals surface area contributed by atoms with E-state index in [1.54, 1.807) is 12.2 Å². The summed E-state index contributed by atoms with van der Waals surface area (Å²) in [5.74, 6) is -2.34. The maximum atomic E-state index is 13.9. The van der Waals surface area contributed by atoms with E-state index in [4.69, 9.17) is 4.74 Å². The van der Waals surface area contributed by atoms with Crippen LogP contribution >= 0.6 is 0 Å². The molecule has 1 aromatic carbocycles. The van der Waals surface area contributed by atoms with Gasteiger partial charge in [0.25, 0.3) is 0 Å². The van der Waals surface area contributed by atoms with Crippen LogP contribution in [0.25, 0.3) is 0 Å². The number of dihydropyridines is 1. The van der Waals surface area contributed by atoms with E-state index in [-0.39, 0.29) is 12.4 Å². The molecule has 106 valence electrons. The first-order chi connectivity index (χ1) is 9.63. The van der Waals surface area contributed by atoms with E-state index in [9.17, 15) is 13.6 Å². The second kappa shape index (κ2) is 5.83. The highest BCUT2D eigenvalue weighted by Gasteiger charge is 2.31. The summed E-state index contributed by atoms with van der Waals surface area (Å²) >= 11 is 0. The first-order valence-electron chi connectivity index (χ1n) is 5.82. The Morgan fingerprint density at radius 3 is 2.50 bits per heavy atom. The van der Waals surface area contributed by atoms with Gasteiger partial charge in [-0.2, -0.15) is 0 Å². The minimum absolute atomic E-state index is 0.146. The molecule has 0 saturated heterocycles. The van der Waals surface area contributed by atoms with Crippen molar-refractivity contribution in [1.82, 2.24) is 5.32 Å². The molecule has 0 aliphatic carbocycles. The molecule has 1 N–H and O–H groups in total. The molecule has 6 heteroatoms. The van der Waals surface area contributed by atoms with E-state index in [0.717, 1.165) is 12.1 Å². The number of methoxy groups -OCH3 is 1. The van der Waals surface area contributed by atoms with Crippen molar-refractivity contribution in [3.05, 3.63) is 53.8 Å². The maximum absolute atomic E-state index is 13.9. The van der Waals surface area contributed by atoms with Crippen molar-refractivity contribution in [2.24, 2.45) is 0 Å². The molecule has 0 radical (unpaired) electrons. The van der Waals surface area contributed by atoms with Gasteiger partial charge in [-0.1, -0.05) is 6.08 Å². The van der Waals surface area contributed by atoms with Crippen LogP contribution in [-0.2, 0) is 15.1 Å². The Balaban J connectivity index is 2.41. The van der Waals surface area contributed by atoms with E-state index in [2.05, 4.69) is 10.1 Å². The Morgan fingerprint density at radius 1 is 1.30 bits per heavy atom. The monoisotopic (exact) mass is 281 g/mol. The Kier molecular flexibility index (Phi) is 4.14. The lowest BCUT2D eigenvalue weighted by Gasteiger charge is -2.27. The van der Waals surface area contributed by atoms with Crippen molar-refractivity contribution in [2.75, 3.05) is 13.9 Å². The van der Waals surface area contributed by atoms with Gasteiger partial charge in [0, 0.05) is 7.11 Å². The van der Waals surface area contributed by atoms with E-state index in [1.165, 1.54) is 19.4 Å². The first kappa shape index (κ1) is 14.2. The molecule has 0 aromatic heterocycles. The molecular formula is C14H13F2NO3. The van der Waals surface area contributed by atoms with Crippen molar-refractivity contribution in [2.45, 2.75) is 5.54 Å². The lowest BCUT2D eigenvalue weighted by Crippen LogP contribution is -2.40. The molecule has 0 amide bonds. The van der Waals surface area contributed by atoms with Crippen molar-refractivity contribution in [3.8, 4) is 5.75 Å². The summed E-state index contributed by atoms with van der Waals surface area (Å²) in [5, 5.41) is 2.78. The quantitative estimate of drug-likeness (QED) is 0.662. The van der Waals surface area contributed by atoms with Gasteiger partial charge in [-0.3, -0.25) is 4.79 Å². The van der Waals surface area contributed by atoms with E-state index in [0.29, 0.717) is 6.29 Å². The van der Waals surface area contributed by atoms with Crippen LogP contribution in [0.15, 0.2) is 36.6 Å². The van der Waals surface area contributed by atoms with E-state index in [1.807, 2.05) is 0 Å². The van der Waals surface area contributed by atoms with Gasteiger partial charge < -0.3 is 14.8 Å². The fourth-order valence-corrected chi connectivity index (χ4v) is 1.87. The summed E-state index contributed by atoms with van der Waals surface area (Å²) in [6.45, 7) is -0.271. The number of nitrogens with one attached hydrogen (secondary N) is 1. The number of allylic oxidation sites excluding steroid dienone is 2. The standard InChI is InChI=1S/C14H13F2NO3/c1-19-9-20-13-11(15)6-10(7-12(13)16)14(8-18)4-2-3-5-17-14/h2-8,17H,9H2,1H3. The third kappa shape index (κ3) is 2.55. The van der Waals surface area contributed by atoms with Crippen LogP contribution in [0, 0.1) is 11.6 Å². The number of ether oxygens (including phenoxy) is 2. The van der Waals surface area contributed by atoms with Crippen LogP contribution in [0.1, 0.15) is 5.56 Å². The van der Waals surface area contributed by atoms with Gasteiger partial charge in [0.2, 0.25) is 0 Å². The highest BCUT2D eigenvalue weighted by atomic mass is 19.1. The second-order valence-electron chi connectivity index (χ2n) is 4.17. The average molecular weight is 281 g/mol. The predicted octanol–water partition coefficient (Wildman–Crippen LogP) is 2.01. The molecule has 0 fully saturated rings. The van der Waals surface area contributed by atoms with Crippen molar-refractivity contribution in [3.63, 3.8) is 0 Å². The highest BCUT2D eigenvalue weighted by Crippen LogP contribution is 2.30. The molecule has 1 unspecified atom stereocenters. The first-order valence-corrected chi connectivity index (χ1v) is 5.82. The summed E-state index contributed by atoms with van der Waals surface area (Å²) in [6.07, 6.45) is 6.92. The Morgan fingerprint density at radius 2 is 2.00 bits per heavy atom. The molecular weight excluding hydrogens is 268 g/mol. The summed E-state index contributed by atoms with van der Waals surface area (Å²) in [5.41, 5.74) is -1.14. The number of hydrogen-bond acceptors (Lipinski definition) is 4. The van der Waals surface area contributed by atoms with Gasteiger partial charge in [0.05, 0.1) is 0 Å². The zero-order valence-electron chi connectivity index (χ0n) is 10.7. The summed E-state index contributed by atoms with van der Waals surface area (Å²) < 4.78 is 37.2. The molecule has 1 aliphatic rings. The minimum Gasteiger partial charge on any atom is -0.461 e. The Labute approximate surface area is 114 Å². The summed E-state index contributed by atoms with van der Waals surface area (Å²) in [6, 6.07) is 2.11. The van der Waals surface area contributed by atoms with Crippen LogP contribution in [0.5, 0.6) is 5.75 Å². The molecule has 0 saturated carbocycles. The normalized spacial score (nSPS) is 20.6. The molecule has 1 heterocycles. The topological polar surface area (TPSA) is 47.6 Å². The van der Waals surface area contributed by atoms with Gasteiger partial charge >= 0.3 is 0 Å². The number of rotatable bonds is 5. The fourth-order valence-electron chi connectivity index (χ4n) is 1.87. The predicted molar refractivity (Wildman–Crippen MR) is 68.0 cm³/mol. The molecule has 1 atom stereocenters. The van der Waals surface area contributed by atoms with Gasteiger partial charge in [-0.25, -0.2) is 8.78 Å². The van der Waals surface area contributed by atoms with Gasteiger partial charge in [0.15, 0.2) is 30.5 Å². The number of carbonyl (C=O) groups is 1. The van der Waals surface area contributed by atoms with Gasteiger partial charge in [-0.05, 0) is 36.0 Å². The number of benzene rings is 1. The second-order valence-corrected chi connectivity index (χ2v) is 4.17. The lowest BCUT2D eigenvalue weighted by molar-refractivity contribution is -0.111. The molecule has 1 aromatic rings. The fraction of sp³-hybridized carbons (Fsp3) is 0.214. The van der Waals surface area contributed by atoms with Crippen molar-refractivity contribution < 1.29 is 23.0 Å². The third-order valence-corrected chi connectivity index (χ3v) is 2.87. The molecule has 20 heavy (non-hydrogen) atoms. The van der Waals surface area contributed by atoms with Crippen molar-refractivity contribution >= 4 is 6.29 Å².